The summed E-state index contributed by atoms with van der Waals surface area (Å²) in [5, 5.41) is 9.46. The Kier molecular flexibility index (Phi) is 5.23. The van der Waals surface area contributed by atoms with Gasteiger partial charge in [0.1, 0.15) is 11.3 Å². The third-order valence-corrected chi connectivity index (χ3v) is 4.33. The summed E-state index contributed by atoms with van der Waals surface area (Å²) in [6.07, 6.45) is 3.67. The molecule has 0 spiro atoms. The summed E-state index contributed by atoms with van der Waals surface area (Å²) in [6.45, 7) is 6.15. The van der Waals surface area contributed by atoms with Gasteiger partial charge in [0.25, 0.3) is 0 Å². The van der Waals surface area contributed by atoms with Crippen molar-refractivity contribution in [3.05, 3.63) is 29.8 Å². The first kappa shape index (κ1) is 15.8. The van der Waals surface area contributed by atoms with Crippen molar-refractivity contribution in [3.63, 3.8) is 0 Å². The molecule has 0 amide bonds. The van der Waals surface area contributed by atoms with E-state index >= 15 is 0 Å². The highest BCUT2D eigenvalue weighted by Crippen LogP contribution is 2.28. The second kappa shape index (κ2) is 6.94. The van der Waals surface area contributed by atoms with Crippen molar-refractivity contribution in [1.82, 2.24) is 4.90 Å². The molecule has 4 nitrogen and oxygen atoms in total. The van der Waals surface area contributed by atoms with Crippen LogP contribution in [0, 0.1) is 6.92 Å². The van der Waals surface area contributed by atoms with E-state index in [0.29, 0.717) is 6.61 Å². The molecule has 1 saturated heterocycles. The lowest BCUT2D eigenvalue weighted by atomic mass is 9.88. The Morgan fingerprint density at radius 2 is 2.24 bits per heavy atom. The van der Waals surface area contributed by atoms with Gasteiger partial charge in [-0.25, -0.2) is 0 Å². The molecule has 0 radical (unpaired) electrons. The molecular formula is C17H25NO3. The second-order valence-electron chi connectivity index (χ2n) is 6.04. The van der Waals surface area contributed by atoms with Gasteiger partial charge in [-0.1, -0.05) is 12.1 Å². The Balaban J connectivity index is 1.80. The molecule has 1 aromatic rings. The summed E-state index contributed by atoms with van der Waals surface area (Å²) >= 11 is 0. The Morgan fingerprint density at radius 3 is 2.95 bits per heavy atom. The van der Waals surface area contributed by atoms with E-state index in [1.165, 1.54) is 5.56 Å². The summed E-state index contributed by atoms with van der Waals surface area (Å²) in [6, 6.07) is 7.99. The lowest BCUT2D eigenvalue weighted by Crippen LogP contribution is -2.55. The van der Waals surface area contributed by atoms with Crippen LogP contribution in [0.2, 0.25) is 0 Å². The maximum absolute atomic E-state index is 11.5. The van der Waals surface area contributed by atoms with Gasteiger partial charge in [-0.05, 0) is 63.8 Å². The van der Waals surface area contributed by atoms with Gasteiger partial charge in [-0.2, -0.15) is 0 Å². The van der Waals surface area contributed by atoms with E-state index < -0.39 is 11.5 Å². The van der Waals surface area contributed by atoms with Crippen LogP contribution >= 0.6 is 0 Å². The summed E-state index contributed by atoms with van der Waals surface area (Å²) in [7, 11) is 0. The summed E-state index contributed by atoms with van der Waals surface area (Å²) in [4.78, 5) is 13.6. The second-order valence-corrected chi connectivity index (χ2v) is 6.04. The Labute approximate surface area is 126 Å². The minimum absolute atomic E-state index is 0.621. The van der Waals surface area contributed by atoms with Gasteiger partial charge < -0.3 is 9.84 Å². The van der Waals surface area contributed by atoms with Crippen molar-refractivity contribution in [3.8, 4) is 5.75 Å². The van der Waals surface area contributed by atoms with E-state index in [-0.39, 0.29) is 0 Å². The topological polar surface area (TPSA) is 49.8 Å². The van der Waals surface area contributed by atoms with Gasteiger partial charge in [-0.3, -0.25) is 9.69 Å². The van der Waals surface area contributed by atoms with Crippen LogP contribution in [0.4, 0.5) is 0 Å². The molecule has 1 aliphatic rings. The molecule has 116 valence electrons. The number of carbonyl (C=O) groups is 1. The Hall–Kier alpha value is -1.55. The van der Waals surface area contributed by atoms with Crippen molar-refractivity contribution in [2.45, 2.75) is 45.1 Å². The highest BCUT2D eigenvalue weighted by atomic mass is 16.5. The fourth-order valence-electron chi connectivity index (χ4n) is 2.93. The molecule has 0 aromatic heterocycles. The fourth-order valence-corrected chi connectivity index (χ4v) is 2.93. The molecule has 1 N–H and O–H groups in total. The number of ether oxygens (including phenoxy) is 1. The third-order valence-electron chi connectivity index (χ3n) is 4.33. The number of aliphatic carboxylic acids is 1. The number of piperidine rings is 1. The molecule has 0 saturated carbocycles. The lowest BCUT2D eigenvalue weighted by molar-refractivity contribution is -0.153. The van der Waals surface area contributed by atoms with E-state index in [9.17, 15) is 9.90 Å². The van der Waals surface area contributed by atoms with Crippen LogP contribution in [0.1, 0.15) is 38.2 Å². The van der Waals surface area contributed by atoms with Gasteiger partial charge in [-0.15, -0.1) is 0 Å². The predicted molar refractivity (Wildman–Crippen MR) is 82.8 cm³/mol. The van der Waals surface area contributed by atoms with Gasteiger partial charge in [0.05, 0.1) is 6.61 Å². The average molecular weight is 291 g/mol. The molecule has 2 rings (SSSR count). The minimum atomic E-state index is -0.707. The number of benzene rings is 1. The largest absolute Gasteiger partial charge is 0.494 e. The van der Waals surface area contributed by atoms with Crippen molar-refractivity contribution in [2.75, 3.05) is 19.7 Å². The molecule has 0 aliphatic carbocycles. The smallest absolute Gasteiger partial charge is 0.323 e. The maximum atomic E-state index is 11.5. The molecule has 1 atom stereocenters. The molecule has 1 unspecified atom stereocenters. The number of aryl methyl sites for hydroxylation is 1. The summed E-state index contributed by atoms with van der Waals surface area (Å²) < 4.78 is 5.73. The maximum Gasteiger partial charge on any atom is 0.323 e. The van der Waals surface area contributed by atoms with Gasteiger partial charge >= 0.3 is 5.97 Å². The van der Waals surface area contributed by atoms with Crippen molar-refractivity contribution < 1.29 is 14.6 Å². The monoisotopic (exact) mass is 291 g/mol. The zero-order valence-electron chi connectivity index (χ0n) is 13.0. The number of carboxylic acid groups (broad SMARTS) is 1. The number of nitrogens with zero attached hydrogens (tertiary/aromatic N) is 1. The average Bonchev–Trinajstić information content (AvgIpc) is 2.45. The van der Waals surface area contributed by atoms with Crippen LogP contribution in [0.15, 0.2) is 24.3 Å². The van der Waals surface area contributed by atoms with Crippen LogP contribution in [-0.4, -0.2) is 41.2 Å². The first-order valence-corrected chi connectivity index (χ1v) is 7.70. The van der Waals surface area contributed by atoms with E-state index in [2.05, 4.69) is 4.90 Å². The van der Waals surface area contributed by atoms with Gasteiger partial charge in [0.15, 0.2) is 0 Å². The van der Waals surface area contributed by atoms with Crippen LogP contribution < -0.4 is 4.74 Å². The molecule has 1 aliphatic heterocycles. The fraction of sp³-hybridized carbons (Fsp3) is 0.588. The lowest BCUT2D eigenvalue weighted by Gasteiger charge is -2.41. The highest BCUT2D eigenvalue weighted by Gasteiger charge is 2.40. The van der Waals surface area contributed by atoms with Crippen LogP contribution in [-0.2, 0) is 4.79 Å². The van der Waals surface area contributed by atoms with Crippen molar-refractivity contribution >= 4 is 5.97 Å². The SMILES string of the molecule is Cc1cccc(OCCCN2CCCCC2(C)C(=O)O)c1. The van der Waals surface area contributed by atoms with Gasteiger partial charge in [0.2, 0.25) is 0 Å². The number of likely N-dealkylation sites (tertiary alicyclic amines) is 1. The zero-order chi connectivity index (χ0) is 15.3. The summed E-state index contributed by atoms with van der Waals surface area (Å²) in [5.74, 6) is 0.177. The van der Waals surface area contributed by atoms with Gasteiger partial charge in [0, 0.05) is 6.54 Å². The zero-order valence-corrected chi connectivity index (χ0v) is 13.0. The van der Waals surface area contributed by atoms with Crippen molar-refractivity contribution in [1.29, 1.82) is 0 Å². The number of carboxylic acids is 1. The number of hydrogen-bond acceptors (Lipinski definition) is 3. The predicted octanol–water partition coefficient (Wildman–Crippen LogP) is 3.09. The number of hydrogen-bond donors (Lipinski definition) is 1. The van der Waals surface area contributed by atoms with E-state index in [1.807, 2.05) is 38.1 Å². The minimum Gasteiger partial charge on any atom is -0.494 e. The highest BCUT2D eigenvalue weighted by molar-refractivity contribution is 5.78. The number of rotatable bonds is 6. The Bertz CT molecular complexity index is 489. The standard InChI is InChI=1S/C17H25NO3/c1-14-7-5-8-15(13-14)21-12-6-11-18-10-4-3-9-17(18,2)16(19)20/h5,7-8,13H,3-4,6,9-12H2,1-2H3,(H,19,20). The normalized spacial score (nSPS) is 23.0. The van der Waals surface area contributed by atoms with Crippen LogP contribution in [0.5, 0.6) is 5.75 Å². The summed E-state index contributed by atoms with van der Waals surface area (Å²) in [5.41, 5.74) is 0.476. The quantitative estimate of drug-likeness (QED) is 0.818. The molecule has 1 fully saturated rings. The first-order valence-electron chi connectivity index (χ1n) is 7.70. The third kappa shape index (κ3) is 3.97. The van der Waals surface area contributed by atoms with E-state index in [1.54, 1.807) is 0 Å². The van der Waals surface area contributed by atoms with E-state index in [4.69, 9.17) is 4.74 Å². The van der Waals surface area contributed by atoms with Crippen LogP contribution in [0.25, 0.3) is 0 Å². The molecule has 1 aromatic carbocycles. The molecule has 1 heterocycles. The molecular weight excluding hydrogens is 266 g/mol. The van der Waals surface area contributed by atoms with Crippen LogP contribution in [0.3, 0.4) is 0 Å². The van der Waals surface area contributed by atoms with Crippen molar-refractivity contribution in [2.24, 2.45) is 0 Å². The first-order chi connectivity index (χ1) is 10.0. The molecule has 0 bridgehead atoms. The van der Waals surface area contributed by atoms with E-state index in [0.717, 1.165) is 44.5 Å². The Morgan fingerprint density at radius 1 is 1.43 bits per heavy atom. The molecule has 21 heavy (non-hydrogen) atoms. The molecule has 4 heteroatoms.